The average molecular weight is 196 g/mol. The van der Waals surface area contributed by atoms with Crippen molar-refractivity contribution >= 4 is 17.1 Å². The second-order valence-electron chi connectivity index (χ2n) is 2.56. The van der Waals surface area contributed by atoms with Crippen LogP contribution in [0.15, 0.2) is 29.3 Å². The van der Waals surface area contributed by atoms with E-state index in [4.69, 9.17) is 4.74 Å². The van der Waals surface area contributed by atoms with E-state index in [1.807, 2.05) is 24.4 Å². The minimum atomic E-state index is 0.0449. The van der Waals surface area contributed by atoms with E-state index in [9.17, 15) is 4.79 Å². The molecule has 0 unspecified atom stereocenters. The number of Topliss-reactive ketones (excluding diaryl/α,β-unsaturated/α-hetero) is 1. The van der Waals surface area contributed by atoms with E-state index in [0.717, 1.165) is 4.88 Å². The van der Waals surface area contributed by atoms with Gasteiger partial charge < -0.3 is 4.74 Å². The molecular formula is C10H12O2S. The SMILES string of the molecule is CCOC=C(C)C(=O)c1cccs1. The van der Waals surface area contributed by atoms with Gasteiger partial charge >= 0.3 is 0 Å². The molecule has 13 heavy (non-hydrogen) atoms. The molecule has 0 aliphatic rings. The van der Waals surface area contributed by atoms with E-state index < -0.39 is 0 Å². The summed E-state index contributed by atoms with van der Waals surface area (Å²) in [6.45, 7) is 4.24. The van der Waals surface area contributed by atoms with E-state index in [0.29, 0.717) is 12.2 Å². The molecule has 0 aliphatic heterocycles. The Morgan fingerprint density at radius 3 is 3.00 bits per heavy atom. The van der Waals surface area contributed by atoms with Crippen LogP contribution in [-0.2, 0) is 4.74 Å². The summed E-state index contributed by atoms with van der Waals surface area (Å²) in [6.07, 6.45) is 1.52. The molecule has 1 aromatic rings. The molecule has 0 aliphatic carbocycles. The van der Waals surface area contributed by atoms with Gasteiger partial charge in [0.2, 0.25) is 5.78 Å². The summed E-state index contributed by atoms with van der Waals surface area (Å²) in [6, 6.07) is 3.68. The van der Waals surface area contributed by atoms with Crippen molar-refractivity contribution < 1.29 is 9.53 Å². The first-order valence-corrected chi connectivity index (χ1v) is 5.00. The predicted molar refractivity (Wildman–Crippen MR) is 54.0 cm³/mol. The third-order valence-corrected chi connectivity index (χ3v) is 2.40. The lowest BCUT2D eigenvalue weighted by atomic mass is 10.2. The van der Waals surface area contributed by atoms with Crippen molar-refractivity contribution in [2.75, 3.05) is 6.61 Å². The van der Waals surface area contributed by atoms with Crippen molar-refractivity contribution in [2.24, 2.45) is 0 Å². The van der Waals surface area contributed by atoms with Crippen LogP contribution in [0.2, 0.25) is 0 Å². The summed E-state index contributed by atoms with van der Waals surface area (Å²) in [4.78, 5) is 12.3. The molecular weight excluding hydrogens is 184 g/mol. The maximum atomic E-state index is 11.6. The number of ketones is 1. The number of allylic oxidation sites excluding steroid dienone is 1. The number of hydrogen-bond donors (Lipinski definition) is 0. The maximum Gasteiger partial charge on any atom is 0.201 e. The average Bonchev–Trinajstić information content (AvgIpc) is 2.65. The summed E-state index contributed by atoms with van der Waals surface area (Å²) >= 11 is 1.45. The summed E-state index contributed by atoms with van der Waals surface area (Å²) < 4.78 is 5.04. The van der Waals surface area contributed by atoms with Crippen molar-refractivity contribution in [3.8, 4) is 0 Å². The highest BCUT2D eigenvalue weighted by Gasteiger charge is 2.08. The van der Waals surface area contributed by atoms with Crippen molar-refractivity contribution in [1.29, 1.82) is 0 Å². The number of rotatable bonds is 4. The van der Waals surface area contributed by atoms with E-state index in [2.05, 4.69) is 0 Å². The second-order valence-corrected chi connectivity index (χ2v) is 3.51. The summed E-state index contributed by atoms with van der Waals surface area (Å²) in [7, 11) is 0. The van der Waals surface area contributed by atoms with Crippen molar-refractivity contribution in [1.82, 2.24) is 0 Å². The Labute approximate surface area is 81.8 Å². The Morgan fingerprint density at radius 2 is 2.46 bits per heavy atom. The van der Waals surface area contributed by atoms with Crippen LogP contribution in [0.1, 0.15) is 23.5 Å². The third kappa shape index (κ3) is 2.70. The van der Waals surface area contributed by atoms with Crippen molar-refractivity contribution in [3.63, 3.8) is 0 Å². The van der Waals surface area contributed by atoms with Gasteiger partial charge in [-0.3, -0.25) is 4.79 Å². The van der Waals surface area contributed by atoms with Crippen LogP contribution < -0.4 is 0 Å². The number of ether oxygens (including phenoxy) is 1. The monoisotopic (exact) mass is 196 g/mol. The lowest BCUT2D eigenvalue weighted by Crippen LogP contribution is -1.98. The minimum Gasteiger partial charge on any atom is -0.501 e. The first-order valence-electron chi connectivity index (χ1n) is 4.12. The van der Waals surface area contributed by atoms with Gasteiger partial charge in [-0.2, -0.15) is 0 Å². The zero-order valence-electron chi connectivity index (χ0n) is 7.74. The number of carbonyl (C=O) groups excluding carboxylic acids is 1. The summed E-state index contributed by atoms with van der Waals surface area (Å²) in [5, 5.41) is 1.89. The molecule has 1 heterocycles. The van der Waals surface area contributed by atoms with E-state index in [1.165, 1.54) is 17.6 Å². The third-order valence-electron chi connectivity index (χ3n) is 1.53. The van der Waals surface area contributed by atoms with Crippen molar-refractivity contribution in [3.05, 3.63) is 34.2 Å². The van der Waals surface area contributed by atoms with E-state index in [1.54, 1.807) is 6.92 Å². The highest BCUT2D eigenvalue weighted by molar-refractivity contribution is 7.12. The molecule has 3 heteroatoms. The number of carbonyl (C=O) groups is 1. The van der Waals surface area contributed by atoms with Gasteiger partial charge in [0.1, 0.15) is 0 Å². The Hall–Kier alpha value is -1.09. The van der Waals surface area contributed by atoms with E-state index >= 15 is 0 Å². The lowest BCUT2D eigenvalue weighted by molar-refractivity contribution is 0.103. The summed E-state index contributed by atoms with van der Waals surface area (Å²) in [5.74, 6) is 0.0449. The largest absolute Gasteiger partial charge is 0.501 e. The Bertz CT molecular complexity index is 299. The molecule has 0 N–H and O–H groups in total. The van der Waals surface area contributed by atoms with Crippen molar-refractivity contribution in [2.45, 2.75) is 13.8 Å². The normalized spacial score (nSPS) is 11.4. The Morgan fingerprint density at radius 1 is 1.69 bits per heavy atom. The second kappa shape index (κ2) is 4.82. The van der Waals surface area contributed by atoms with Gasteiger partial charge in [-0.15, -0.1) is 11.3 Å². The summed E-state index contributed by atoms with van der Waals surface area (Å²) in [5.41, 5.74) is 0.643. The fourth-order valence-electron chi connectivity index (χ4n) is 0.864. The molecule has 0 aromatic carbocycles. The highest BCUT2D eigenvalue weighted by atomic mass is 32.1. The molecule has 2 nitrogen and oxygen atoms in total. The minimum absolute atomic E-state index is 0.0449. The van der Waals surface area contributed by atoms with Crippen LogP contribution >= 0.6 is 11.3 Å². The van der Waals surface area contributed by atoms with Gasteiger partial charge in [0.15, 0.2) is 0 Å². The fraction of sp³-hybridized carbons (Fsp3) is 0.300. The first kappa shape index (κ1) is 9.99. The number of thiophene rings is 1. The zero-order chi connectivity index (χ0) is 9.68. The molecule has 0 bridgehead atoms. The van der Waals surface area contributed by atoms with Crippen LogP contribution in [0.25, 0.3) is 0 Å². The van der Waals surface area contributed by atoms with Gasteiger partial charge in [0, 0.05) is 5.57 Å². The molecule has 70 valence electrons. The molecule has 1 rings (SSSR count). The number of hydrogen-bond acceptors (Lipinski definition) is 3. The molecule has 1 aromatic heterocycles. The maximum absolute atomic E-state index is 11.6. The van der Waals surface area contributed by atoms with Gasteiger partial charge in [-0.05, 0) is 25.3 Å². The smallest absolute Gasteiger partial charge is 0.201 e. The predicted octanol–water partition coefficient (Wildman–Crippen LogP) is 2.87. The molecule has 0 atom stereocenters. The quantitative estimate of drug-likeness (QED) is 0.420. The molecule has 0 spiro atoms. The zero-order valence-corrected chi connectivity index (χ0v) is 8.56. The van der Waals surface area contributed by atoms with Crippen LogP contribution in [0.5, 0.6) is 0 Å². The van der Waals surface area contributed by atoms with Gasteiger partial charge in [-0.25, -0.2) is 0 Å². The molecule has 0 fully saturated rings. The van der Waals surface area contributed by atoms with Gasteiger partial charge in [-0.1, -0.05) is 6.07 Å². The highest BCUT2D eigenvalue weighted by Crippen LogP contribution is 2.13. The Balaban J connectivity index is 2.68. The standard InChI is InChI=1S/C10H12O2S/c1-3-12-7-8(2)10(11)9-5-4-6-13-9/h4-7H,3H2,1-2H3. The molecule has 0 saturated carbocycles. The molecule has 0 saturated heterocycles. The lowest BCUT2D eigenvalue weighted by Gasteiger charge is -1.98. The Kier molecular flexibility index (Phi) is 3.71. The topological polar surface area (TPSA) is 26.3 Å². The van der Waals surface area contributed by atoms with Gasteiger partial charge in [0.25, 0.3) is 0 Å². The molecule has 0 radical (unpaired) electrons. The van der Waals surface area contributed by atoms with Gasteiger partial charge in [0.05, 0.1) is 17.7 Å². The van der Waals surface area contributed by atoms with Crippen LogP contribution in [0.4, 0.5) is 0 Å². The first-order chi connectivity index (χ1) is 6.25. The van der Waals surface area contributed by atoms with Crippen LogP contribution in [0.3, 0.4) is 0 Å². The van der Waals surface area contributed by atoms with Crippen LogP contribution in [0, 0.1) is 0 Å². The van der Waals surface area contributed by atoms with E-state index in [-0.39, 0.29) is 5.78 Å². The van der Waals surface area contributed by atoms with Crippen LogP contribution in [-0.4, -0.2) is 12.4 Å². The molecule has 0 amide bonds. The fourth-order valence-corrected chi connectivity index (χ4v) is 1.59.